The topological polar surface area (TPSA) is 103 Å². The predicted octanol–water partition coefficient (Wildman–Crippen LogP) is 1.69. The summed E-state index contributed by atoms with van der Waals surface area (Å²) >= 11 is 0. The Morgan fingerprint density at radius 3 is 2.75 bits per heavy atom. The fourth-order valence-electron chi connectivity index (χ4n) is 3.32. The summed E-state index contributed by atoms with van der Waals surface area (Å²) in [5.74, 6) is -0.648. The molecule has 2 aliphatic heterocycles. The minimum absolute atomic E-state index is 0.207. The van der Waals surface area contributed by atoms with Gasteiger partial charge in [-0.2, -0.15) is 0 Å². The first-order valence-corrected chi connectivity index (χ1v) is 9.38. The van der Waals surface area contributed by atoms with Crippen LogP contribution in [0.2, 0.25) is 0 Å². The number of fused-ring (bicyclic) bond motifs is 1. The molecule has 0 aromatic heterocycles. The number of esters is 2. The Labute approximate surface area is 163 Å². The summed E-state index contributed by atoms with van der Waals surface area (Å²) < 4.78 is 16.1. The van der Waals surface area contributed by atoms with Gasteiger partial charge in [0.25, 0.3) is 0 Å². The largest absolute Gasteiger partial charge is 0.492 e. The summed E-state index contributed by atoms with van der Waals surface area (Å²) in [6.45, 7) is 3.77. The van der Waals surface area contributed by atoms with Crippen LogP contribution in [-0.2, 0) is 25.5 Å². The van der Waals surface area contributed by atoms with E-state index in [9.17, 15) is 14.4 Å². The Morgan fingerprint density at radius 2 is 2.00 bits per heavy atom. The van der Waals surface area contributed by atoms with Crippen molar-refractivity contribution in [3.8, 4) is 5.75 Å². The van der Waals surface area contributed by atoms with Crippen molar-refractivity contribution in [3.05, 3.63) is 41.1 Å². The standard InChI is InChI=1S/C20H24N2O6/c1-3-14-17(19(24)26-4-2)15(22-20(25)21-14)11-28-18(23)13-9-12-7-5-6-8-16(12)27-10-13/h5-8,13-14H,3-4,9-11H2,1-2H3,(H2,21,22,25)/t13-,14-/m0/s1. The number of hydrogen-bond donors (Lipinski definition) is 2. The van der Waals surface area contributed by atoms with Crippen molar-refractivity contribution < 1.29 is 28.6 Å². The van der Waals surface area contributed by atoms with E-state index in [0.29, 0.717) is 12.8 Å². The van der Waals surface area contributed by atoms with Crippen LogP contribution in [0.15, 0.2) is 35.5 Å². The van der Waals surface area contributed by atoms with Crippen molar-refractivity contribution >= 4 is 18.0 Å². The quantitative estimate of drug-likeness (QED) is 0.719. The normalized spacial score (nSPS) is 21.0. The smallest absolute Gasteiger partial charge is 0.338 e. The van der Waals surface area contributed by atoms with Gasteiger partial charge in [-0.15, -0.1) is 0 Å². The molecule has 0 unspecified atom stereocenters. The van der Waals surface area contributed by atoms with E-state index in [-0.39, 0.29) is 31.1 Å². The van der Waals surface area contributed by atoms with Crippen molar-refractivity contribution in [2.45, 2.75) is 32.7 Å². The second-order valence-electron chi connectivity index (χ2n) is 6.60. The first-order chi connectivity index (χ1) is 13.5. The first kappa shape index (κ1) is 19.7. The third-order valence-electron chi connectivity index (χ3n) is 4.72. The third kappa shape index (κ3) is 4.27. The van der Waals surface area contributed by atoms with Crippen molar-refractivity contribution in [1.82, 2.24) is 10.6 Å². The van der Waals surface area contributed by atoms with E-state index in [2.05, 4.69) is 10.6 Å². The van der Waals surface area contributed by atoms with Crippen molar-refractivity contribution in [3.63, 3.8) is 0 Å². The number of amides is 2. The zero-order valence-electron chi connectivity index (χ0n) is 15.9. The Balaban J connectivity index is 1.70. The van der Waals surface area contributed by atoms with Crippen LogP contribution in [0.3, 0.4) is 0 Å². The van der Waals surface area contributed by atoms with Gasteiger partial charge in [0.1, 0.15) is 19.0 Å². The van der Waals surface area contributed by atoms with Crippen LogP contribution in [0.4, 0.5) is 4.79 Å². The third-order valence-corrected chi connectivity index (χ3v) is 4.72. The van der Waals surface area contributed by atoms with Crippen LogP contribution in [0.1, 0.15) is 25.8 Å². The van der Waals surface area contributed by atoms with Crippen molar-refractivity contribution in [2.24, 2.45) is 5.92 Å². The summed E-state index contributed by atoms with van der Waals surface area (Å²) in [6.07, 6.45) is 1.02. The number of nitrogens with one attached hydrogen (secondary N) is 2. The van der Waals surface area contributed by atoms with Gasteiger partial charge in [0.05, 0.1) is 29.8 Å². The molecule has 2 N–H and O–H groups in total. The number of carbonyl (C=O) groups excluding carboxylic acids is 3. The number of carbonyl (C=O) groups is 3. The second kappa shape index (κ2) is 8.77. The number of rotatable bonds is 6. The molecule has 1 aromatic carbocycles. The Hall–Kier alpha value is -3.03. The second-order valence-corrected chi connectivity index (χ2v) is 6.60. The Morgan fingerprint density at radius 1 is 1.21 bits per heavy atom. The monoisotopic (exact) mass is 388 g/mol. The molecular weight excluding hydrogens is 364 g/mol. The van der Waals surface area contributed by atoms with Gasteiger partial charge in [0.15, 0.2) is 0 Å². The molecule has 1 aromatic rings. The molecule has 2 heterocycles. The van der Waals surface area contributed by atoms with Gasteiger partial charge in [0.2, 0.25) is 0 Å². The minimum Gasteiger partial charge on any atom is -0.492 e. The molecule has 0 bridgehead atoms. The maximum atomic E-state index is 12.5. The molecular formula is C20H24N2O6. The van der Waals surface area contributed by atoms with Crippen molar-refractivity contribution in [1.29, 1.82) is 0 Å². The summed E-state index contributed by atoms with van der Waals surface area (Å²) in [7, 11) is 0. The lowest BCUT2D eigenvalue weighted by molar-refractivity contribution is -0.149. The highest BCUT2D eigenvalue weighted by molar-refractivity contribution is 5.94. The van der Waals surface area contributed by atoms with E-state index in [1.807, 2.05) is 31.2 Å². The highest BCUT2D eigenvalue weighted by Gasteiger charge is 2.33. The van der Waals surface area contributed by atoms with Gasteiger partial charge in [0, 0.05) is 0 Å². The molecule has 2 atom stereocenters. The van der Waals surface area contributed by atoms with E-state index in [4.69, 9.17) is 14.2 Å². The maximum Gasteiger partial charge on any atom is 0.338 e. The highest BCUT2D eigenvalue weighted by atomic mass is 16.5. The SMILES string of the molecule is CCOC(=O)C1=C(COC(=O)[C@@H]2COc3ccccc3C2)NC(=O)N[C@H]1CC. The van der Waals surface area contributed by atoms with Gasteiger partial charge < -0.3 is 24.8 Å². The minimum atomic E-state index is -0.539. The molecule has 2 aliphatic rings. The van der Waals surface area contributed by atoms with Gasteiger partial charge >= 0.3 is 18.0 Å². The highest BCUT2D eigenvalue weighted by Crippen LogP contribution is 2.27. The average Bonchev–Trinajstić information content (AvgIpc) is 2.71. The lowest BCUT2D eigenvalue weighted by Gasteiger charge is -2.29. The van der Waals surface area contributed by atoms with E-state index < -0.39 is 29.9 Å². The fraction of sp³-hybridized carbons (Fsp3) is 0.450. The Kier molecular flexibility index (Phi) is 6.18. The summed E-state index contributed by atoms with van der Waals surface area (Å²) in [5.41, 5.74) is 1.48. The van der Waals surface area contributed by atoms with Crippen LogP contribution in [0.25, 0.3) is 0 Å². The molecule has 2 amide bonds. The number of hydrogen-bond acceptors (Lipinski definition) is 6. The molecule has 0 radical (unpaired) electrons. The Bertz CT molecular complexity index is 804. The summed E-state index contributed by atoms with van der Waals surface area (Å²) in [5, 5.41) is 5.24. The molecule has 0 aliphatic carbocycles. The number of ether oxygens (including phenoxy) is 3. The van der Waals surface area contributed by atoms with E-state index in [1.165, 1.54) is 0 Å². The van der Waals surface area contributed by atoms with Crippen LogP contribution in [-0.4, -0.2) is 43.8 Å². The van der Waals surface area contributed by atoms with Crippen LogP contribution in [0, 0.1) is 5.92 Å². The lowest BCUT2D eigenvalue weighted by Crippen LogP contribution is -2.51. The fourth-order valence-corrected chi connectivity index (χ4v) is 3.32. The predicted molar refractivity (Wildman–Crippen MR) is 99.5 cm³/mol. The van der Waals surface area contributed by atoms with Gasteiger partial charge in [-0.1, -0.05) is 25.1 Å². The summed E-state index contributed by atoms with van der Waals surface area (Å²) in [6, 6.07) is 6.61. The lowest BCUT2D eigenvalue weighted by atomic mass is 9.97. The zero-order valence-corrected chi connectivity index (χ0v) is 15.9. The number of para-hydroxylation sites is 1. The van der Waals surface area contributed by atoms with Crippen LogP contribution >= 0.6 is 0 Å². The number of benzene rings is 1. The van der Waals surface area contributed by atoms with Gasteiger partial charge in [-0.25, -0.2) is 9.59 Å². The summed E-state index contributed by atoms with van der Waals surface area (Å²) in [4.78, 5) is 36.7. The van der Waals surface area contributed by atoms with Gasteiger partial charge in [-0.05, 0) is 31.4 Å². The van der Waals surface area contributed by atoms with E-state index >= 15 is 0 Å². The molecule has 3 rings (SSSR count). The zero-order chi connectivity index (χ0) is 20.1. The average molecular weight is 388 g/mol. The van der Waals surface area contributed by atoms with Crippen molar-refractivity contribution in [2.75, 3.05) is 19.8 Å². The molecule has 8 heteroatoms. The molecule has 0 spiro atoms. The maximum absolute atomic E-state index is 12.5. The van der Waals surface area contributed by atoms with Crippen LogP contribution in [0.5, 0.6) is 5.75 Å². The van der Waals surface area contributed by atoms with Gasteiger partial charge in [-0.3, -0.25) is 4.79 Å². The molecule has 28 heavy (non-hydrogen) atoms. The number of urea groups is 1. The molecule has 8 nitrogen and oxygen atoms in total. The van der Waals surface area contributed by atoms with Crippen LogP contribution < -0.4 is 15.4 Å². The molecule has 0 saturated carbocycles. The molecule has 150 valence electrons. The molecule has 0 saturated heterocycles. The van der Waals surface area contributed by atoms with E-state index in [0.717, 1.165) is 11.3 Å². The molecule has 0 fully saturated rings. The first-order valence-electron chi connectivity index (χ1n) is 9.38. The van der Waals surface area contributed by atoms with E-state index in [1.54, 1.807) is 6.92 Å².